The minimum atomic E-state index is -0.0674. The van der Waals surface area contributed by atoms with Gasteiger partial charge in [-0.2, -0.15) is 5.10 Å². The molecule has 0 bridgehead atoms. The van der Waals surface area contributed by atoms with Gasteiger partial charge in [0, 0.05) is 23.6 Å². The summed E-state index contributed by atoms with van der Waals surface area (Å²) in [6.07, 6.45) is 2.50. The summed E-state index contributed by atoms with van der Waals surface area (Å²) < 4.78 is 2.79. The molecule has 1 aliphatic heterocycles. The summed E-state index contributed by atoms with van der Waals surface area (Å²) in [5, 5.41) is 4.42. The molecular weight excluding hydrogens is 404 g/mol. The van der Waals surface area contributed by atoms with Crippen molar-refractivity contribution in [1.29, 1.82) is 0 Å². The number of rotatable bonds is 2. The monoisotopic (exact) mass is 426 g/mol. The number of halogens is 2. The molecule has 0 aliphatic carbocycles. The highest BCUT2D eigenvalue weighted by Gasteiger charge is 2.36. The summed E-state index contributed by atoms with van der Waals surface area (Å²) in [5.74, 6) is 0.0359. The van der Waals surface area contributed by atoms with Crippen LogP contribution in [0.5, 0.6) is 0 Å². The molecule has 1 aromatic carbocycles. The van der Waals surface area contributed by atoms with Crippen molar-refractivity contribution in [3.05, 3.63) is 46.2 Å². The third-order valence-electron chi connectivity index (χ3n) is 4.89. The number of hydrogen-bond acceptors (Lipinski definition) is 3. The van der Waals surface area contributed by atoms with Gasteiger partial charge < -0.3 is 10.6 Å². The summed E-state index contributed by atoms with van der Waals surface area (Å²) >= 11 is 3.47. The Bertz CT molecular complexity index is 774. The van der Waals surface area contributed by atoms with E-state index < -0.39 is 0 Å². The van der Waals surface area contributed by atoms with Crippen LogP contribution in [-0.4, -0.2) is 39.7 Å². The van der Waals surface area contributed by atoms with Gasteiger partial charge in [-0.25, -0.2) is 4.68 Å². The lowest BCUT2D eigenvalue weighted by Crippen LogP contribution is -2.54. The van der Waals surface area contributed by atoms with Crippen molar-refractivity contribution < 1.29 is 4.79 Å². The van der Waals surface area contributed by atoms with Crippen LogP contribution in [0, 0.1) is 12.3 Å². The van der Waals surface area contributed by atoms with Crippen molar-refractivity contribution in [3.8, 4) is 5.69 Å². The van der Waals surface area contributed by atoms with Crippen molar-refractivity contribution in [2.24, 2.45) is 11.1 Å². The molecule has 2 heterocycles. The van der Waals surface area contributed by atoms with Crippen LogP contribution in [0.1, 0.15) is 36.3 Å². The zero-order valence-electron chi connectivity index (χ0n) is 14.7. The fourth-order valence-corrected chi connectivity index (χ4v) is 3.59. The van der Waals surface area contributed by atoms with Gasteiger partial charge in [0.15, 0.2) is 0 Å². The third kappa shape index (κ3) is 3.91. The van der Waals surface area contributed by atoms with Gasteiger partial charge in [-0.3, -0.25) is 4.79 Å². The highest BCUT2D eigenvalue weighted by molar-refractivity contribution is 9.10. The highest BCUT2D eigenvalue weighted by Crippen LogP contribution is 2.29. The molecule has 1 saturated heterocycles. The molecule has 1 aromatic heterocycles. The molecule has 25 heavy (non-hydrogen) atoms. The van der Waals surface area contributed by atoms with Gasteiger partial charge in [0.2, 0.25) is 0 Å². The Kier molecular flexibility index (Phi) is 5.97. The van der Waals surface area contributed by atoms with E-state index in [-0.39, 0.29) is 29.8 Å². The minimum Gasteiger partial charge on any atom is -0.338 e. The van der Waals surface area contributed by atoms with Crippen molar-refractivity contribution >= 4 is 34.2 Å². The second-order valence-corrected chi connectivity index (χ2v) is 8.06. The Hall–Kier alpha value is -1.37. The Morgan fingerprint density at radius 3 is 2.76 bits per heavy atom. The van der Waals surface area contributed by atoms with E-state index in [1.54, 1.807) is 10.9 Å². The number of nitrogens with zero attached hydrogens (tertiary/aromatic N) is 3. The number of benzene rings is 1. The van der Waals surface area contributed by atoms with Crippen molar-refractivity contribution in [2.75, 3.05) is 13.1 Å². The Morgan fingerprint density at radius 1 is 1.40 bits per heavy atom. The Labute approximate surface area is 163 Å². The summed E-state index contributed by atoms with van der Waals surface area (Å²) in [5.41, 5.74) is 8.55. The second kappa shape index (κ2) is 7.48. The largest absolute Gasteiger partial charge is 0.338 e. The molecule has 7 heteroatoms. The first-order valence-electron chi connectivity index (χ1n) is 8.15. The summed E-state index contributed by atoms with van der Waals surface area (Å²) in [6.45, 7) is 7.55. The topological polar surface area (TPSA) is 64.2 Å². The van der Waals surface area contributed by atoms with Crippen LogP contribution in [0.25, 0.3) is 5.69 Å². The number of nitrogens with two attached hydrogens (primary N) is 1. The fraction of sp³-hybridized carbons (Fsp3) is 0.444. The number of aromatic nitrogens is 2. The van der Waals surface area contributed by atoms with Gasteiger partial charge in [-0.15, -0.1) is 12.4 Å². The van der Waals surface area contributed by atoms with Gasteiger partial charge in [0.25, 0.3) is 5.91 Å². The second-order valence-electron chi connectivity index (χ2n) is 7.15. The van der Waals surface area contributed by atoms with E-state index in [1.165, 1.54) is 0 Å². The van der Waals surface area contributed by atoms with Crippen molar-refractivity contribution in [1.82, 2.24) is 14.7 Å². The maximum absolute atomic E-state index is 12.9. The van der Waals surface area contributed by atoms with Gasteiger partial charge in [-0.1, -0.05) is 35.8 Å². The molecule has 2 aromatic rings. The molecule has 136 valence electrons. The Balaban J connectivity index is 0.00000225. The van der Waals surface area contributed by atoms with Crippen LogP contribution in [-0.2, 0) is 0 Å². The highest BCUT2D eigenvalue weighted by atomic mass is 79.9. The quantitative estimate of drug-likeness (QED) is 0.797. The van der Waals surface area contributed by atoms with E-state index >= 15 is 0 Å². The number of hydrogen-bond donors (Lipinski definition) is 1. The first kappa shape index (κ1) is 19.9. The molecule has 1 aliphatic rings. The van der Waals surface area contributed by atoms with E-state index in [9.17, 15) is 4.79 Å². The fourth-order valence-electron chi connectivity index (χ4n) is 3.21. The van der Waals surface area contributed by atoms with Crippen LogP contribution < -0.4 is 5.73 Å². The standard InChI is InChI=1S/C18H23BrN4O.ClH/c1-12-15(10-21-23(12)14-6-4-5-13(19)9-14)17(24)22-8-7-16(20)18(2,3)11-22;/h4-6,9-10,16H,7-8,11,20H2,1-3H3;1H. The van der Waals surface area contributed by atoms with Gasteiger partial charge in [-0.05, 0) is 37.0 Å². The van der Waals surface area contributed by atoms with Crippen molar-refractivity contribution in [2.45, 2.75) is 33.2 Å². The summed E-state index contributed by atoms with van der Waals surface area (Å²) in [7, 11) is 0. The number of carbonyl (C=O) groups excluding carboxylic acids is 1. The van der Waals surface area contributed by atoms with E-state index in [1.807, 2.05) is 36.1 Å². The first-order chi connectivity index (χ1) is 11.3. The number of likely N-dealkylation sites (tertiary alicyclic amines) is 1. The van der Waals surface area contributed by atoms with Crippen LogP contribution in [0.3, 0.4) is 0 Å². The smallest absolute Gasteiger partial charge is 0.257 e. The van der Waals surface area contributed by atoms with Gasteiger partial charge >= 0.3 is 0 Å². The molecular formula is C18H24BrClN4O. The normalized spacial score (nSPS) is 19.4. The van der Waals surface area contributed by atoms with E-state index in [0.717, 1.165) is 22.3 Å². The third-order valence-corrected chi connectivity index (χ3v) is 5.39. The van der Waals surface area contributed by atoms with Crippen LogP contribution >= 0.6 is 28.3 Å². The molecule has 1 amide bonds. The molecule has 2 N–H and O–H groups in total. The zero-order valence-corrected chi connectivity index (χ0v) is 17.1. The van der Waals surface area contributed by atoms with Crippen LogP contribution in [0.15, 0.2) is 34.9 Å². The molecule has 1 unspecified atom stereocenters. The molecule has 5 nitrogen and oxygen atoms in total. The predicted octanol–water partition coefficient (Wildman–Crippen LogP) is 3.56. The number of amides is 1. The lowest BCUT2D eigenvalue weighted by atomic mass is 9.79. The van der Waals surface area contributed by atoms with Gasteiger partial charge in [0.05, 0.1) is 23.1 Å². The zero-order chi connectivity index (χ0) is 17.5. The predicted molar refractivity (Wildman–Crippen MR) is 106 cm³/mol. The first-order valence-corrected chi connectivity index (χ1v) is 8.94. The lowest BCUT2D eigenvalue weighted by molar-refractivity contribution is 0.0532. The molecule has 0 saturated carbocycles. The summed E-state index contributed by atoms with van der Waals surface area (Å²) in [4.78, 5) is 14.9. The van der Waals surface area contributed by atoms with E-state index in [2.05, 4.69) is 34.9 Å². The molecule has 0 radical (unpaired) electrons. The molecule has 3 rings (SSSR count). The molecule has 1 atom stereocenters. The maximum Gasteiger partial charge on any atom is 0.257 e. The van der Waals surface area contributed by atoms with E-state index in [4.69, 9.17) is 5.73 Å². The average molecular weight is 428 g/mol. The average Bonchev–Trinajstić information content (AvgIpc) is 2.91. The molecule has 1 fully saturated rings. The van der Waals surface area contributed by atoms with Crippen molar-refractivity contribution in [3.63, 3.8) is 0 Å². The Morgan fingerprint density at radius 2 is 2.12 bits per heavy atom. The number of piperidine rings is 1. The maximum atomic E-state index is 12.9. The SMILES string of the molecule is Cc1c(C(=O)N2CCC(N)C(C)(C)C2)cnn1-c1cccc(Br)c1.Cl. The van der Waals surface area contributed by atoms with Crippen LogP contribution in [0.4, 0.5) is 0 Å². The van der Waals surface area contributed by atoms with Gasteiger partial charge in [0.1, 0.15) is 0 Å². The summed E-state index contributed by atoms with van der Waals surface area (Å²) in [6, 6.07) is 8.01. The van der Waals surface area contributed by atoms with E-state index in [0.29, 0.717) is 18.7 Å². The van der Waals surface area contributed by atoms with Crippen LogP contribution in [0.2, 0.25) is 0 Å². The minimum absolute atomic E-state index is 0. The number of carbonyl (C=O) groups is 1. The molecule has 0 spiro atoms. The lowest BCUT2D eigenvalue weighted by Gasteiger charge is -2.42.